The van der Waals surface area contributed by atoms with Crippen molar-refractivity contribution in [3.05, 3.63) is 51.3 Å². The van der Waals surface area contributed by atoms with Crippen molar-refractivity contribution < 1.29 is 9.32 Å². The van der Waals surface area contributed by atoms with Crippen LogP contribution in [0.15, 0.2) is 33.3 Å². The molecule has 0 bridgehead atoms. The summed E-state index contributed by atoms with van der Waals surface area (Å²) in [4.78, 5) is 11.4. The maximum atomic E-state index is 11.4. The van der Waals surface area contributed by atoms with Crippen LogP contribution in [0.2, 0.25) is 0 Å². The van der Waals surface area contributed by atoms with E-state index in [1.807, 2.05) is 31.2 Å². The van der Waals surface area contributed by atoms with Gasteiger partial charge in [-0.1, -0.05) is 33.2 Å². The monoisotopic (exact) mass is 293 g/mol. The van der Waals surface area contributed by atoms with Gasteiger partial charge in [0.25, 0.3) is 0 Å². The molecule has 88 valence electrons. The van der Waals surface area contributed by atoms with E-state index >= 15 is 0 Å². The van der Waals surface area contributed by atoms with Crippen molar-refractivity contribution in [2.45, 2.75) is 20.3 Å². The first-order valence-electron chi connectivity index (χ1n) is 5.28. The number of rotatable bonds is 3. The molecule has 1 aromatic heterocycles. The summed E-state index contributed by atoms with van der Waals surface area (Å²) < 4.78 is 6.10. The fourth-order valence-corrected chi connectivity index (χ4v) is 2.17. The standard InChI is InChI=1S/C13H12BrNO2/c1-8(16)13-12(9(2)17-15-13)7-10-4-3-5-11(14)6-10/h3-6H,7H2,1-2H3. The summed E-state index contributed by atoms with van der Waals surface area (Å²) in [7, 11) is 0. The molecule has 0 fully saturated rings. The van der Waals surface area contributed by atoms with Crippen molar-refractivity contribution in [3.8, 4) is 0 Å². The largest absolute Gasteiger partial charge is 0.361 e. The number of ketones is 1. The Morgan fingerprint density at radius 3 is 2.88 bits per heavy atom. The van der Waals surface area contributed by atoms with Crippen LogP contribution in [0.25, 0.3) is 0 Å². The van der Waals surface area contributed by atoms with Gasteiger partial charge >= 0.3 is 0 Å². The second-order valence-electron chi connectivity index (χ2n) is 3.93. The van der Waals surface area contributed by atoms with Crippen LogP contribution < -0.4 is 0 Å². The highest BCUT2D eigenvalue weighted by atomic mass is 79.9. The first-order valence-corrected chi connectivity index (χ1v) is 6.07. The van der Waals surface area contributed by atoms with Gasteiger partial charge in [0, 0.05) is 23.4 Å². The number of aromatic nitrogens is 1. The third-order valence-corrected chi connectivity index (χ3v) is 3.08. The summed E-state index contributed by atoms with van der Waals surface area (Å²) in [6.07, 6.45) is 0.656. The van der Waals surface area contributed by atoms with Crippen LogP contribution in [0, 0.1) is 6.92 Å². The molecule has 0 N–H and O–H groups in total. The lowest BCUT2D eigenvalue weighted by atomic mass is 10.0. The molecule has 2 rings (SSSR count). The number of benzene rings is 1. The van der Waals surface area contributed by atoms with Gasteiger partial charge < -0.3 is 4.52 Å². The summed E-state index contributed by atoms with van der Waals surface area (Å²) in [5.74, 6) is 0.641. The molecule has 0 radical (unpaired) electrons. The molecule has 0 aliphatic rings. The van der Waals surface area contributed by atoms with Gasteiger partial charge in [-0.25, -0.2) is 0 Å². The lowest BCUT2D eigenvalue weighted by Crippen LogP contribution is -2.00. The molecular formula is C13H12BrNO2. The van der Waals surface area contributed by atoms with Gasteiger partial charge in [-0.3, -0.25) is 4.79 Å². The van der Waals surface area contributed by atoms with Crippen molar-refractivity contribution in [2.75, 3.05) is 0 Å². The molecule has 1 aromatic carbocycles. The molecule has 0 aliphatic heterocycles. The van der Waals surface area contributed by atoms with Gasteiger partial charge in [0.05, 0.1) is 0 Å². The van der Waals surface area contributed by atoms with E-state index in [0.717, 1.165) is 15.6 Å². The zero-order valence-corrected chi connectivity index (χ0v) is 11.2. The zero-order valence-electron chi connectivity index (χ0n) is 9.66. The number of carbonyl (C=O) groups is 1. The average molecular weight is 294 g/mol. The van der Waals surface area contributed by atoms with E-state index in [1.165, 1.54) is 6.92 Å². The lowest BCUT2D eigenvalue weighted by molar-refractivity contribution is 0.100. The SMILES string of the molecule is CC(=O)c1noc(C)c1Cc1cccc(Br)c1. The minimum atomic E-state index is -0.0631. The molecule has 1 heterocycles. The van der Waals surface area contributed by atoms with Gasteiger partial charge in [-0.2, -0.15) is 0 Å². The smallest absolute Gasteiger partial charge is 0.181 e. The molecule has 0 aliphatic carbocycles. The number of Topliss-reactive ketones (excluding diaryl/α,β-unsaturated/α-hetero) is 1. The highest BCUT2D eigenvalue weighted by Crippen LogP contribution is 2.20. The van der Waals surface area contributed by atoms with E-state index in [-0.39, 0.29) is 5.78 Å². The van der Waals surface area contributed by atoms with Crippen molar-refractivity contribution in [2.24, 2.45) is 0 Å². The van der Waals surface area contributed by atoms with Crippen LogP contribution in [0.3, 0.4) is 0 Å². The Bertz CT molecular complexity index is 560. The average Bonchev–Trinajstić information content (AvgIpc) is 2.61. The lowest BCUT2D eigenvalue weighted by Gasteiger charge is -2.02. The first kappa shape index (κ1) is 12.0. The fraction of sp³-hybridized carbons (Fsp3) is 0.231. The Morgan fingerprint density at radius 2 is 2.24 bits per heavy atom. The number of nitrogens with zero attached hydrogens (tertiary/aromatic N) is 1. The third kappa shape index (κ3) is 2.64. The molecule has 2 aromatic rings. The minimum Gasteiger partial charge on any atom is -0.361 e. The van der Waals surface area contributed by atoms with Crippen molar-refractivity contribution in [1.29, 1.82) is 0 Å². The molecule has 0 saturated carbocycles. The minimum absolute atomic E-state index is 0.0631. The predicted molar refractivity (Wildman–Crippen MR) is 68.2 cm³/mol. The van der Waals surface area contributed by atoms with Crippen LogP contribution in [0.5, 0.6) is 0 Å². The van der Waals surface area contributed by atoms with Crippen LogP contribution in [-0.4, -0.2) is 10.9 Å². The Kier molecular flexibility index (Phi) is 3.43. The van der Waals surface area contributed by atoms with Crippen molar-refractivity contribution in [1.82, 2.24) is 5.16 Å². The number of carbonyl (C=O) groups excluding carboxylic acids is 1. The second-order valence-corrected chi connectivity index (χ2v) is 4.84. The molecule has 3 nitrogen and oxygen atoms in total. The summed E-state index contributed by atoms with van der Waals surface area (Å²) in [6.45, 7) is 3.33. The van der Waals surface area contributed by atoms with Gasteiger partial charge in [0.2, 0.25) is 0 Å². The van der Waals surface area contributed by atoms with Gasteiger partial charge in [-0.15, -0.1) is 0 Å². The molecule has 0 saturated heterocycles. The Morgan fingerprint density at radius 1 is 1.47 bits per heavy atom. The number of aryl methyl sites for hydroxylation is 1. The predicted octanol–water partition coefficient (Wildman–Crippen LogP) is 3.54. The fourth-order valence-electron chi connectivity index (χ4n) is 1.73. The second kappa shape index (κ2) is 4.84. The van der Waals surface area contributed by atoms with Crippen molar-refractivity contribution >= 4 is 21.7 Å². The zero-order chi connectivity index (χ0) is 12.4. The maximum absolute atomic E-state index is 11.4. The highest BCUT2D eigenvalue weighted by molar-refractivity contribution is 9.10. The maximum Gasteiger partial charge on any atom is 0.181 e. The molecular weight excluding hydrogens is 282 g/mol. The normalized spacial score (nSPS) is 10.5. The number of hydrogen-bond donors (Lipinski definition) is 0. The molecule has 0 amide bonds. The Balaban J connectivity index is 2.36. The number of halogens is 1. The third-order valence-electron chi connectivity index (χ3n) is 2.59. The summed E-state index contributed by atoms with van der Waals surface area (Å²) in [6, 6.07) is 7.98. The van der Waals surface area contributed by atoms with E-state index < -0.39 is 0 Å². The van der Waals surface area contributed by atoms with Gasteiger partial charge in [-0.05, 0) is 24.6 Å². The van der Waals surface area contributed by atoms with Crippen LogP contribution in [-0.2, 0) is 6.42 Å². The van der Waals surface area contributed by atoms with Crippen LogP contribution in [0.4, 0.5) is 0 Å². The van der Waals surface area contributed by atoms with E-state index in [0.29, 0.717) is 17.9 Å². The summed E-state index contributed by atoms with van der Waals surface area (Å²) in [5, 5.41) is 3.80. The van der Waals surface area contributed by atoms with Crippen molar-refractivity contribution in [3.63, 3.8) is 0 Å². The first-order chi connectivity index (χ1) is 8.08. The molecule has 17 heavy (non-hydrogen) atoms. The highest BCUT2D eigenvalue weighted by Gasteiger charge is 2.16. The Hall–Kier alpha value is -1.42. The molecule has 4 heteroatoms. The van der Waals surface area contributed by atoms with Gasteiger partial charge in [0.15, 0.2) is 11.5 Å². The number of hydrogen-bond acceptors (Lipinski definition) is 3. The molecule has 0 spiro atoms. The van der Waals surface area contributed by atoms with E-state index in [2.05, 4.69) is 21.1 Å². The van der Waals surface area contributed by atoms with E-state index in [9.17, 15) is 4.79 Å². The van der Waals surface area contributed by atoms with Crippen LogP contribution >= 0.6 is 15.9 Å². The summed E-state index contributed by atoms with van der Waals surface area (Å²) >= 11 is 3.43. The topological polar surface area (TPSA) is 43.1 Å². The van der Waals surface area contributed by atoms with Gasteiger partial charge in [0.1, 0.15) is 5.76 Å². The molecule has 0 unspecified atom stereocenters. The van der Waals surface area contributed by atoms with Crippen LogP contribution in [0.1, 0.15) is 34.3 Å². The Labute approximate surface area is 108 Å². The van der Waals surface area contributed by atoms with E-state index in [1.54, 1.807) is 0 Å². The van der Waals surface area contributed by atoms with E-state index in [4.69, 9.17) is 4.52 Å². The summed E-state index contributed by atoms with van der Waals surface area (Å²) in [5.41, 5.74) is 2.42. The molecule has 0 atom stereocenters. The quantitative estimate of drug-likeness (QED) is 0.813.